The number of aliphatic hydroxyl groups excluding tert-OH is 1. The zero-order valence-electron chi connectivity index (χ0n) is 16.4. The number of hydrogen-bond donors (Lipinski definition) is 3. The number of hydrogen-bond acceptors (Lipinski definition) is 6. The van der Waals surface area contributed by atoms with Crippen LogP contribution in [0.5, 0.6) is 0 Å². The molecule has 2 aliphatic carbocycles. The molecule has 1 heterocycles. The molecule has 2 aliphatic rings. The summed E-state index contributed by atoms with van der Waals surface area (Å²) < 4.78 is 0. The van der Waals surface area contributed by atoms with Crippen molar-refractivity contribution < 1.29 is 19.8 Å². The van der Waals surface area contributed by atoms with E-state index in [1.165, 1.54) is 23.1 Å². The van der Waals surface area contributed by atoms with E-state index >= 15 is 0 Å². The number of nitrogens with zero attached hydrogens (tertiary/aromatic N) is 2. The molecule has 7 nitrogen and oxygen atoms in total. The molecule has 0 radical (unpaired) electrons. The van der Waals surface area contributed by atoms with Crippen molar-refractivity contribution in [2.45, 2.75) is 58.2 Å². The van der Waals surface area contributed by atoms with Crippen LogP contribution in [0.15, 0.2) is 11.1 Å². The fourth-order valence-electron chi connectivity index (χ4n) is 3.93. The van der Waals surface area contributed by atoms with Gasteiger partial charge in [0.2, 0.25) is 0 Å². The molecule has 0 saturated heterocycles. The van der Waals surface area contributed by atoms with E-state index in [4.69, 9.17) is 0 Å². The number of carbonyl (C=O) groups is 2. The van der Waals surface area contributed by atoms with Crippen molar-refractivity contribution in [2.75, 3.05) is 5.32 Å². The van der Waals surface area contributed by atoms with E-state index in [0.717, 1.165) is 30.4 Å². The second-order valence-corrected chi connectivity index (χ2v) is 8.97. The lowest BCUT2D eigenvalue weighted by Crippen LogP contribution is -2.14. The van der Waals surface area contributed by atoms with Crippen LogP contribution in [0.25, 0.3) is 0 Å². The minimum Gasteiger partial charge on any atom is -0.390 e. The summed E-state index contributed by atoms with van der Waals surface area (Å²) in [6, 6.07) is 1.54. The number of ketones is 1. The normalized spacial score (nSPS) is 15.8. The van der Waals surface area contributed by atoms with Gasteiger partial charge in [0.1, 0.15) is 10.6 Å². The minimum atomic E-state index is -1.14. The zero-order valence-corrected chi connectivity index (χ0v) is 17.2. The third kappa shape index (κ3) is 3.75. The molecule has 8 heteroatoms. The standard InChI is InChI=1S/C21H23N3O4S/c1-21(2,28)19-23-14(10-25)16(29-19)9-22-20(27)24-18-13-5-3-4-11(13)8-12-6-7-15(26)17(12)18/h8-9,25,28H,3-7,10H2,1-2H3,(H,24,27)/b22-9+. The number of rotatable bonds is 4. The summed E-state index contributed by atoms with van der Waals surface area (Å²) >= 11 is 1.18. The van der Waals surface area contributed by atoms with Crippen LogP contribution in [0, 0.1) is 0 Å². The van der Waals surface area contributed by atoms with E-state index in [1.807, 2.05) is 0 Å². The van der Waals surface area contributed by atoms with Gasteiger partial charge in [-0.05, 0) is 56.2 Å². The largest absolute Gasteiger partial charge is 0.390 e. The molecule has 3 N–H and O–H groups in total. The average molecular weight is 413 g/mol. The van der Waals surface area contributed by atoms with E-state index in [0.29, 0.717) is 39.7 Å². The Hall–Kier alpha value is -2.42. The second kappa shape index (κ2) is 7.44. The van der Waals surface area contributed by atoms with Gasteiger partial charge >= 0.3 is 6.03 Å². The third-order valence-corrected chi connectivity index (χ3v) is 6.66. The second-order valence-electron chi connectivity index (χ2n) is 7.94. The number of thiazole rings is 1. The molecule has 0 atom stereocenters. The van der Waals surface area contributed by atoms with E-state index in [1.54, 1.807) is 13.8 Å². The first kappa shape index (κ1) is 19.9. The predicted molar refractivity (Wildman–Crippen MR) is 111 cm³/mol. The highest BCUT2D eigenvalue weighted by Crippen LogP contribution is 2.38. The Bertz CT molecular complexity index is 1030. The average Bonchev–Trinajstić information content (AvgIpc) is 3.37. The first-order chi connectivity index (χ1) is 13.8. The van der Waals surface area contributed by atoms with Crippen LogP contribution < -0.4 is 5.32 Å². The molecule has 4 rings (SSSR count). The molecule has 2 aromatic rings. The van der Waals surface area contributed by atoms with E-state index in [9.17, 15) is 19.8 Å². The van der Waals surface area contributed by atoms with Gasteiger partial charge in [-0.3, -0.25) is 4.79 Å². The molecule has 2 amide bonds. The Balaban J connectivity index is 1.61. The quantitative estimate of drug-likeness (QED) is 0.667. The fourth-order valence-corrected chi connectivity index (χ4v) is 4.88. The first-order valence-corrected chi connectivity index (χ1v) is 10.5. The third-order valence-electron chi connectivity index (χ3n) is 5.31. The van der Waals surface area contributed by atoms with Gasteiger partial charge < -0.3 is 15.5 Å². The number of aryl methyl sites for hydroxylation is 2. The SMILES string of the molecule is CC(C)(O)c1nc(CO)c(/C=N/C(=O)Nc2c3c(cc4c2C(=O)CC4)CCC3)s1. The number of aromatic nitrogens is 1. The Morgan fingerprint density at radius 3 is 2.83 bits per heavy atom. The molecule has 0 aliphatic heterocycles. The number of Topliss-reactive ketones (excluding diaryl/α,β-unsaturated/α-hetero) is 1. The highest BCUT2D eigenvalue weighted by molar-refractivity contribution is 7.13. The first-order valence-electron chi connectivity index (χ1n) is 9.67. The van der Waals surface area contributed by atoms with Gasteiger partial charge in [-0.25, -0.2) is 14.8 Å². The molecule has 0 saturated carbocycles. The lowest BCUT2D eigenvalue weighted by atomic mass is 9.98. The van der Waals surface area contributed by atoms with E-state index in [2.05, 4.69) is 21.4 Å². The maximum atomic E-state index is 12.5. The van der Waals surface area contributed by atoms with Gasteiger partial charge in [-0.2, -0.15) is 0 Å². The Morgan fingerprint density at radius 1 is 1.31 bits per heavy atom. The Morgan fingerprint density at radius 2 is 2.10 bits per heavy atom. The van der Waals surface area contributed by atoms with Crippen molar-refractivity contribution >= 4 is 35.1 Å². The van der Waals surface area contributed by atoms with Crippen molar-refractivity contribution in [1.29, 1.82) is 0 Å². The van der Waals surface area contributed by atoms with Gasteiger partial charge in [-0.15, -0.1) is 11.3 Å². The Labute approximate surface area is 172 Å². The van der Waals surface area contributed by atoms with Crippen LogP contribution in [0.3, 0.4) is 0 Å². The summed E-state index contributed by atoms with van der Waals surface area (Å²) in [6.45, 7) is 2.89. The molecule has 0 bridgehead atoms. The van der Waals surface area contributed by atoms with Gasteiger partial charge in [0.05, 0.1) is 29.1 Å². The Kier molecular flexibility index (Phi) is 5.10. The van der Waals surface area contributed by atoms with E-state index in [-0.39, 0.29) is 12.4 Å². The maximum Gasteiger partial charge on any atom is 0.345 e. The van der Waals surface area contributed by atoms with Crippen molar-refractivity contribution in [3.8, 4) is 0 Å². The van der Waals surface area contributed by atoms with Crippen LogP contribution in [0.2, 0.25) is 0 Å². The number of urea groups is 1. The number of aliphatic hydroxyl groups is 2. The lowest BCUT2D eigenvalue weighted by molar-refractivity contribution is 0.0778. The van der Waals surface area contributed by atoms with Crippen molar-refractivity contribution in [1.82, 2.24) is 4.98 Å². The van der Waals surface area contributed by atoms with E-state index < -0.39 is 11.6 Å². The number of nitrogens with one attached hydrogen (secondary N) is 1. The molecule has 29 heavy (non-hydrogen) atoms. The van der Waals surface area contributed by atoms with Crippen LogP contribution in [0.4, 0.5) is 10.5 Å². The number of amides is 2. The summed E-state index contributed by atoms with van der Waals surface area (Å²) in [6.07, 6.45) is 5.36. The maximum absolute atomic E-state index is 12.5. The molecule has 0 fully saturated rings. The van der Waals surface area contributed by atoms with Crippen LogP contribution in [0.1, 0.15) is 69.3 Å². The highest BCUT2D eigenvalue weighted by atomic mass is 32.1. The van der Waals surface area contributed by atoms with Gasteiger partial charge in [-0.1, -0.05) is 6.07 Å². The van der Waals surface area contributed by atoms with Crippen LogP contribution >= 0.6 is 11.3 Å². The van der Waals surface area contributed by atoms with Crippen LogP contribution in [-0.4, -0.2) is 33.2 Å². The number of fused-ring (bicyclic) bond motifs is 2. The molecule has 0 spiro atoms. The highest BCUT2D eigenvalue weighted by Gasteiger charge is 2.29. The summed E-state index contributed by atoms with van der Waals surface area (Å²) in [4.78, 5) is 33.6. The molecule has 1 aromatic carbocycles. The van der Waals surface area contributed by atoms with Gasteiger partial charge in [0.25, 0.3) is 0 Å². The van der Waals surface area contributed by atoms with Crippen molar-refractivity contribution in [3.05, 3.63) is 43.9 Å². The number of carbonyl (C=O) groups excluding carboxylic acids is 2. The summed E-state index contributed by atoms with van der Waals surface area (Å²) in [5, 5.41) is 22.9. The summed E-state index contributed by atoms with van der Waals surface area (Å²) in [5.41, 5.74) is 3.72. The van der Waals surface area contributed by atoms with Crippen molar-refractivity contribution in [2.24, 2.45) is 4.99 Å². The van der Waals surface area contributed by atoms with Crippen LogP contribution in [-0.2, 0) is 31.5 Å². The molecule has 1 aromatic heterocycles. The van der Waals surface area contributed by atoms with Gasteiger partial charge in [0, 0.05) is 12.0 Å². The topological polar surface area (TPSA) is 112 Å². The zero-order chi connectivity index (χ0) is 20.8. The fraction of sp³-hybridized carbons (Fsp3) is 0.429. The summed E-state index contributed by atoms with van der Waals surface area (Å²) in [5.74, 6) is 0.0637. The summed E-state index contributed by atoms with van der Waals surface area (Å²) in [7, 11) is 0. The number of aliphatic imine (C=N–C) groups is 1. The van der Waals surface area contributed by atoms with Gasteiger partial charge in [0.15, 0.2) is 5.78 Å². The smallest absolute Gasteiger partial charge is 0.345 e. The predicted octanol–water partition coefficient (Wildman–Crippen LogP) is 3.13. The minimum absolute atomic E-state index is 0.0637. The molecule has 0 unspecified atom stereocenters. The lowest BCUT2D eigenvalue weighted by Gasteiger charge is -2.14. The number of benzene rings is 1. The molecular formula is C21H23N3O4S. The molecule has 152 valence electrons. The number of anilines is 1. The van der Waals surface area contributed by atoms with Crippen molar-refractivity contribution in [3.63, 3.8) is 0 Å². The molecular weight excluding hydrogens is 390 g/mol. The monoisotopic (exact) mass is 413 g/mol.